The molecule has 0 bridgehead atoms. The third-order valence-electron chi connectivity index (χ3n) is 5.21. The van der Waals surface area contributed by atoms with Crippen LogP contribution in [0.3, 0.4) is 0 Å². The molecular weight excluding hydrogens is 336 g/mol. The van der Waals surface area contributed by atoms with E-state index in [0.29, 0.717) is 17.3 Å². The van der Waals surface area contributed by atoms with E-state index in [0.717, 1.165) is 37.8 Å². The van der Waals surface area contributed by atoms with Gasteiger partial charge in [-0.1, -0.05) is 48.5 Å². The lowest BCUT2D eigenvalue weighted by Gasteiger charge is -2.35. The molecule has 1 saturated heterocycles. The number of carbonyl (C=O) groups is 1. The first kappa shape index (κ1) is 17.5. The van der Waals surface area contributed by atoms with E-state index in [1.165, 1.54) is 5.56 Å². The molecule has 3 aromatic rings. The molecule has 4 nitrogen and oxygen atoms in total. The maximum atomic E-state index is 13.3. The zero-order chi connectivity index (χ0) is 18.6. The smallest absolute Gasteiger partial charge is 0.291 e. The summed E-state index contributed by atoms with van der Waals surface area (Å²) in [6.45, 7) is 2.62. The Kier molecular flexibility index (Phi) is 5.05. The van der Waals surface area contributed by atoms with E-state index in [1.54, 1.807) is 0 Å². The van der Waals surface area contributed by atoms with Crippen LogP contribution in [0.5, 0.6) is 0 Å². The van der Waals surface area contributed by atoms with Crippen molar-refractivity contribution >= 4 is 5.91 Å². The predicted molar refractivity (Wildman–Crippen MR) is 105 cm³/mol. The molecule has 0 radical (unpaired) electrons. The van der Waals surface area contributed by atoms with Crippen LogP contribution in [0.2, 0.25) is 0 Å². The quantitative estimate of drug-likeness (QED) is 0.666. The number of nitrogens with zero attached hydrogens (tertiary/aromatic N) is 2. The van der Waals surface area contributed by atoms with Gasteiger partial charge in [0.15, 0.2) is 0 Å². The number of carbonyl (C=O) groups excluding carboxylic acids is 1. The molecule has 1 aliphatic heterocycles. The summed E-state index contributed by atoms with van der Waals surface area (Å²) in [7, 11) is 0. The molecule has 1 amide bonds. The summed E-state index contributed by atoms with van der Waals surface area (Å²) < 4.78 is 5.91. The fourth-order valence-electron chi connectivity index (χ4n) is 3.80. The Morgan fingerprint density at radius 3 is 2.52 bits per heavy atom. The highest BCUT2D eigenvalue weighted by molar-refractivity contribution is 5.93. The summed E-state index contributed by atoms with van der Waals surface area (Å²) in [6, 6.07) is 20.3. The van der Waals surface area contributed by atoms with E-state index in [-0.39, 0.29) is 11.9 Å². The molecule has 138 valence electrons. The highest BCUT2D eigenvalue weighted by Crippen LogP contribution is 2.27. The number of piperidine rings is 1. The van der Waals surface area contributed by atoms with Crippen molar-refractivity contribution in [2.45, 2.75) is 38.6 Å². The Bertz CT molecular complexity index is 903. The molecule has 4 heteroatoms. The van der Waals surface area contributed by atoms with E-state index >= 15 is 0 Å². The van der Waals surface area contributed by atoms with E-state index in [4.69, 9.17) is 4.42 Å². The largest absolute Gasteiger partial charge is 0.431 e. The van der Waals surface area contributed by atoms with Crippen LogP contribution in [0.1, 0.15) is 41.1 Å². The molecule has 0 aliphatic carbocycles. The van der Waals surface area contributed by atoms with Gasteiger partial charge in [-0.3, -0.25) is 4.79 Å². The van der Waals surface area contributed by atoms with Crippen LogP contribution in [0.25, 0.3) is 11.5 Å². The van der Waals surface area contributed by atoms with Crippen molar-refractivity contribution in [2.75, 3.05) is 6.54 Å². The number of rotatable bonds is 4. The second kappa shape index (κ2) is 7.78. The number of hydrogen-bond donors (Lipinski definition) is 0. The van der Waals surface area contributed by atoms with Crippen LogP contribution in [-0.4, -0.2) is 28.4 Å². The first-order valence-corrected chi connectivity index (χ1v) is 9.60. The van der Waals surface area contributed by atoms with Crippen LogP contribution >= 0.6 is 0 Å². The van der Waals surface area contributed by atoms with Crippen molar-refractivity contribution in [2.24, 2.45) is 0 Å². The molecule has 2 heterocycles. The van der Waals surface area contributed by atoms with Gasteiger partial charge in [0, 0.05) is 18.2 Å². The van der Waals surface area contributed by atoms with Crippen molar-refractivity contribution in [1.29, 1.82) is 0 Å². The summed E-state index contributed by atoms with van der Waals surface area (Å²) in [5.74, 6) is 0.838. The van der Waals surface area contributed by atoms with Crippen LogP contribution in [-0.2, 0) is 6.42 Å². The first-order chi connectivity index (χ1) is 13.2. The first-order valence-electron chi connectivity index (χ1n) is 9.60. The molecule has 4 rings (SSSR count). The maximum Gasteiger partial charge on any atom is 0.291 e. The lowest BCUT2D eigenvalue weighted by Crippen LogP contribution is -2.45. The molecule has 0 N–H and O–H groups in total. The van der Waals surface area contributed by atoms with Gasteiger partial charge < -0.3 is 9.32 Å². The summed E-state index contributed by atoms with van der Waals surface area (Å²) in [5, 5.41) is 0. The SMILES string of the molecule is Cc1nc(-c2ccccc2)oc1C(=O)N1CCCC[C@H]1Cc1ccccc1. The minimum Gasteiger partial charge on any atom is -0.431 e. The third-order valence-corrected chi connectivity index (χ3v) is 5.21. The highest BCUT2D eigenvalue weighted by Gasteiger charge is 2.31. The fraction of sp³-hybridized carbons (Fsp3) is 0.304. The highest BCUT2D eigenvalue weighted by atomic mass is 16.4. The van der Waals surface area contributed by atoms with Crippen molar-refractivity contribution in [1.82, 2.24) is 9.88 Å². The van der Waals surface area contributed by atoms with Gasteiger partial charge in [-0.25, -0.2) is 4.98 Å². The van der Waals surface area contributed by atoms with Crippen LogP contribution in [0.4, 0.5) is 0 Å². The minimum absolute atomic E-state index is 0.0391. The average Bonchev–Trinajstić information content (AvgIpc) is 3.11. The standard InChI is InChI=1S/C23H24N2O2/c1-17-21(27-22(24-17)19-12-6-3-7-13-19)23(26)25-15-9-8-14-20(25)16-18-10-4-2-5-11-18/h2-7,10-13,20H,8-9,14-16H2,1H3/t20-/m0/s1. The third kappa shape index (κ3) is 3.80. The Balaban J connectivity index is 1.58. The molecule has 1 atom stereocenters. The molecule has 27 heavy (non-hydrogen) atoms. The van der Waals surface area contributed by atoms with E-state index in [9.17, 15) is 4.79 Å². The molecule has 0 saturated carbocycles. The monoisotopic (exact) mass is 360 g/mol. The average molecular weight is 360 g/mol. The summed E-state index contributed by atoms with van der Waals surface area (Å²) in [4.78, 5) is 19.7. The van der Waals surface area contributed by atoms with Crippen molar-refractivity contribution in [3.05, 3.63) is 77.7 Å². The van der Waals surface area contributed by atoms with Gasteiger partial charge in [0.05, 0.1) is 5.69 Å². The molecule has 1 aliphatic rings. The summed E-state index contributed by atoms with van der Waals surface area (Å²) in [5.41, 5.74) is 2.81. The Hall–Kier alpha value is -2.88. The summed E-state index contributed by atoms with van der Waals surface area (Å²) >= 11 is 0. The van der Waals surface area contributed by atoms with Gasteiger partial charge in [0.25, 0.3) is 5.91 Å². The Labute approximate surface area is 159 Å². The topological polar surface area (TPSA) is 46.3 Å². The van der Waals surface area contributed by atoms with E-state index in [2.05, 4.69) is 29.2 Å². The minimum atomic E-state index is -0.0391. The second-order valence-corrected chi connectivity index (χ2v) is 7.14. The zero-order valence-corrected chi connectivity index (χ0v) is 15.6. The number of likely N-dealkylation sites (tertiary alicyclic amines) is 1. The lowest BCUT2D eigenvalue weighted by atomic mass is 9.95. The maximum absolute atomic E-state index is 13.3. The molecule has 1 aromatic heterocycles. The predicted octanol–water partition coefficient (Wildman–Crippen LogP) is 4.89. The van der Waals surface area contributed by atoms with Crippen molar-refractivity contribution in [3.8, 4) is 11.5 Å². The van der Waals surface area contributed by atoms with Crippen LogP contribution in [0.15, 0.2) is 65.1 Å². The number of oxazole rings is 1. The van der Waals surface area contributed by atoms with Gasteiger partial charge in [-0.05, 0) is 50.3 Å². The van der Waals surface area contributed by atoms with Gasteiger partial charge >= 0.3 is 0 Å². The normalized spacial score (nSPS) is 17.1. The van der Waals surface area contributed by atoms with Crippen molar-refractivity contribution in [3.63, 3.8) is 0 Å². The molecule has 1 fully saturated rings. The Morgan fingerprint density at radius 1 is 1.07 bits per heavy atom. The number of aromatic nitrogens is 1. The van der Waals surface area contributed by atoms with Crippen LogP contribution in [0, 0.1) is 6.92 Å². The number of amides is 1. The zero-order valence-electron chi connectivity index (χ0n) is 15.6. The number of aryl methyl sites for hydroxylation is 1. The van der Waals surface area contributed by atoms with E-state index < -0.39 is 0 Å². The van der Waals surface area contributed by atoms with Crippen molar-refractivity contribution < 1.29 is 9.21 Å². The van der Waals surface area contributed by atoms with Gasteiger partial charge in [-0.15, -0.1) is 0 Å². The van der Waals surface area contributed by atoms with Crippen LogP contribution < -0.4 is 0 Å². The fourth-order valence-corrected chi connectivity index (χ4v) is 3.80. The van der Waals surface area contributed by atoms with Gasteiger partial charge in [0.1, 0.15) is 0 Å². The van der Waals surface area contributed by atoms with Gasteiger partial charge in [-0.2, -0.15) is 0 Å². The van der Waals surface area contributed by atoms with E-state index in [1.807, 2.05) is 48.2 Å². The molecule has 0 spiro atoms. The molecular formula is C23H24N2O2. The number of hydrogen-bond acceptors (Lipinski definition) is 3. The van der Waals surface area contributed by atoms with Gasteiger partial charge in [0.2, 0.25) is 11.7 Å². The number of benzene rings is 2. The lowest BCUT2D eigenvalue weighted by molar-refractivity contribution is 0.0581. The summed E-state index contributed by atoms with van der Waals surface area (Å²) in [6.07, 6.45) is 4.10. The molecule has 0 unspecified atom stereocenters. The molecule has 2 aromatic carbocycles. The second-order valence-electron chi connectivity index (χ2n) is 7.14. The Morgan fingerprint density at radius 2 is 1.78 bits per heavy atom.